The predicted molar refractivity (Wildman–Crippen MR) is 145 cm³/mol. The molecule has 196 valence electrons. The Balaban J connectivity index is 1.34. The Morgan fingerprint density at radius 1 is 1.00 bits per heavy atom. The molecule has 7 nitrogen and oxygen atoms in total. The van der Waals surface area contributed by atoms with Crippen LogP contribution >= 0.6 is 0 Å². The maximum atomic E-state index is 13.6. The number of unbranched alkanes of at least 4 members (excludes halogenated alkanes) is 1. The van der Waals surface area contributed by atoms with E-state index in [0.717, 1.165) is 29.5 Å². The number of pyridine rings is 1. The third-order valence-electron chi connectivity index (χ3n) is 7.35. The fourth-order valence-electron chi connectivity index (χ4n) is 5.40. The van der Waals surface area contributed by atoms with E-state index in [1.165, 1.54) is 23.3 Å². The molecule has 2 aromatic heterocycles. The minimum absolute atomic E-state index is 0.0603. The highest BCUT2D eigenvalue weighted by Crippen LogP contribution is 2.34. The summed E-state index contributed by atoms with van der Waals surface area (Å²) in [5, 5.41) is 14.5. The van der Waals surface area contributed by atoms with Crippen LogP contribution < -0.4 is 5.56 Å². The lowest BCUT2D eigenvalue weighted by molar-refractivity contribution is -0.137. The molecule has 1 aliphatic rings. The van der Waals surface area contributed by atoms with Crippen molar-refractivity contribution in [1.29, 1.82) is 0 Å². The highest BCUT2D eigenvalue weighted by atomic mass is 19.1. The lowest BCUT2D eigenvalue weighted by atomic mass is 10.0. The summed E-state index contributed by atoms with van der Waals surface area (Å²) in [6.07, 6.45) is 3.37. The van der Waals surface area contributed by atoms with Gasteiger partial charge in [0.05, 0.1) is 0 Å². The Labute approximate surface area is 223 Å². The Morgan fingerprint density at radius 2 is 1.74 bits per heavy atom. The summed E-state index contributed by atoms with van der Waals surface area (Å²) < 4.78 is 20.8. The number of fused-ring (bicyclic) bond motifs is 2. The van der Waals surface area contributed by atoms with Crippen molar-refractivity contribution in [2.45, 2.75) is 44.4 Å². The van der Waals surface area contributed by atoms with Crippen LogP contribution in [0, 0.1) is 5.82 Å². The molecule has 1 aliphatic carbocycles. The van der Waals surface area contributed by atoms with Crippen LogP contribution in [0.5, 0.6) is 0 Å². The van der Waals surface area contributed by atoms with E-state index in [4.69, 9.17) is 14.6 Å². The highest BCUT2D eigenvalue weighted by molar-refractivity contribution is 5.86. The van der Waals surface area contributed by atoms with Gasteiger partial charge in [-0.2, -0.15) is 4.98 Å². The highest BCUT2D eigenvalue weighted by Gasteiger charge is 2.27. The molecular weight excluding hydrogens is 497 g/mol. The van der Waals surface area contributed by atoms with Gasteiger partial charge in [0.25, 0.3) is 5.56 Å². The number of aryl methyl sites for hydroxylation is 1. The van der Waals surface area contributed by atoms with Crippen molar-refractivity contribution < 1.29 is 18.8 Å². The van der Waals surface area contributed by atoms with Crippen LogP contribution in [-0.2, 0) is 24.1 Å². The zero-order valence-corrected chi connectivity index (χ0v) is 21.1. The van der Waals surface area contributed by atoms with Gasteiger partial charge < -0.3 is 9.63 Å². The lowest BCUT2D eigenvalue weighted by Crippen LogP contribution is -2.22. The SMILES string of the molecule is O=C(O)CCCCc1cc2cc(-c3noc(C4Cc5ccccc5C4)n3)ccc2c(=O)n1-c1ccc(F)cc1. The van der Waals surface area contributed by atoms with Crippen LogP contribution in [0.4, 0.5) is 4.39 Å². The standard InChI is InChI=1S/C31H26FN3O4/c32-24-10-12-25(13-11-24)35-26(7-3-4-8-28(36)37)18-22-17-21(9-14-27(22)31(35)38)29-33-30(39-34-29)23-15-19-5-1-2-6-20(19)16-23/h1-2,5-6,9-14,17-18,23H,3-4,7-8,15-16H2,(H,36,37). The predicted octanol–water partition coefficient (Wildman–Crippen LogP) is 5.86. The van der Waals surface area contributed by atoms with Gasteiger partial charge >= 0.3 is 5.97 Å². The van der Waals surface area contributed by atoms with E-state index in [0.29, 0.717) is 42.1 Å². The zero-order valence-electron chi connectivity index (χ0n) is 21.1. The monoisotopic (exact) mass is 523 g/mol. The van der Waals surface area contributed by atoms with Crippen molar-refractivity contribution in [2.24, 2.45) is 0 Å². The maximum Gasteiger partial charge on any atom is 0.303 e. The first kappa shape index (κ1) is 24.7. The molecule has 0 amide bonds. The molecule has 1 N–H and O–H groups in total. The van der Waals surface area contributed by atoms with Crippen LogP contribution in [0.2, 0.25) is 0 Å². The summed E-state index contributed by atoms with van der Waals surface area (Å²) in [5.41, 5.74) is 4.41. The average molecular weight is 524 g/mol. The fourth-order valence-corrected chi connectivity index (χ4v) is 5.40. The van der Waals surface area contributed by atoms with Gasteiger partial charge in [0.15, 0.2) is 0 Å². The van der Waals surface area contributed by atoms with Crippen LogP contribution in [0.3, 0.4) is 0 Å². The normalized spacial score (nSPS) is 13.2. The summed E-state index contributed by atoms with van der Waals surface area (Å²) in [7, 11) is 0. The molecule has 0 unspecified atom stereocenters. The first-order valence-electron chi connectivity index (χ1n) is 13.0. The number of halogens is 1. The Bertz CT molecular complexity index is 1710. The number of nitrogens with zero attached hydrogens (tertiary/aromatic N) is 3. The number of carbonyl (C=O) groups is 1. The molecule has 0 saturated carbocycles. The van der Waals surface area contributed by atoms with Gasteiger partial charge in [-0.25, -0.2) is 4.39 Å². The van der Waals surface area contributed by atoms with Gasteiger partial charge in [-0.3, -0.25) is 14.2 Å². The third-order valence-corrected chi connectivity index (χ3v) is 7.35. The number of hydrogen-bond donors (Lipinski definition) is 1. The van der Waals surface area contributed by atoms with Crippen molar-refractivity contribution in [3.8, 4) is 17.1 Å². The third kappa shape index (κ3) is 4.97. The van der Waals surface area contributed by atoms with E-state index in [9.17, 15) is 14.0 Å². The molecular formula is C31H26FN3O4. The lowest BCUT2D eigenvalue weighted by Gasteiger charge is -2.15. The number of carboxylic acids is 1. The van der Waals surface area contributed by atoms with Gasteiger partial charge in [0, 0.05) is 34.7 Å². The molecule has 3 aromatic carbocycles. The molecule has 6 rings (SSSR count). The number of carboxylic acid groups (broad SMARTS) is 1. The van der Waals surface area contributed by atoms with Gasteiger partial charge in [-0.1, -0.05) is 35.5 Å². The smallest absolute Gasteiger partial charge is 0.303 e. The van der Waals surface area contributed by atoms with E-state index < -0.39 is 5.97 Å². The summed E-state index contributed by atoms with van der Waals surface area (Å²) in [6, 6.07) is 21.5. The molecule has 0 saturated heterocycles. The molecule has 0 spiro atoms. The van der Waals surface area contributed by atoms with Crippen LogP contribution in [-0.4, -0.2) is 25.8 Å². The summed E-state index contributed by atoms with van der Waals surface area (Å²) in [4.78, 5) is 29.3. The van der Waals surface area contributed by atoms with E-state index in [-0.39, 0.29) is 23.7 Å². The number of benzene rings is 3. The van der Waals surface area contributed by atoms with Crippen molar-refractivity contribution in [1.82, 2.24) is 14.7 Å². The Hall–Kier alpha value is -4.59. The maximum absolute atomic E-state index is 13.6. The minimum atomic E-state index is -0.852. The summed E-state index contributed by atoms with van der Waals surface area (Å²) in [5.74, 6) is -0.0265. The topological polar surface area (TPSA) is 98.2 Å². The van der Waals surface area contributed by atoms with E-state index in [1.54, 1.807) is 22.8 Å². The van der Waals surface area contributed by atoms with E-state index in [2.05, 4.69) is 17.3 Å². The second kappa shape index (κ2) is 10.3. The van der Waals surface area contributed by atoms with Crippen LogP contribution in [0.15, 0.2) is 82.1 Å². The quantitative estimate of drug-likeness (QED) is 0.256. The second-order valence-corrected chi connectivity index (χ2v) is 9.99. The molecule has 0 aliphatic heterocycles. The number of aliphatic carboxylic acids is 1. The first-order valence-corrected chi connectivity index (χ1v) is 13.0. The van der Waals surface area contributed by atoms with Crippen LogP contribution in [0.25, 0.3) is 27.8 Å². The number of hydrogen-bond acceptors (Lipinski definition) is 5. The van der Waals surface area contributed by atoms with Gasteiger partial charge in [-0.15, -0.1) is 0 Å². The fraction of sp³-hybridized carbons (Fsp3) is 0.226. The first-order chi connectivity index (χ1) is 19.0. The van der Waals surface area contributed by atoms with Crippen molar-refractivity contribution in [3.05, 3.63) is 112 Å². The molecule has 8 heteroatoms. The molecule has 5 aromatic rings. The van der Waals surface area contributed by atoms with Gasteiger partial charge in [0.1, 0.15) is 5.82 Å². The summed E-state index contributed by atoms with van der Waals surface area (Å²) in [6.45, 7) is 0. The van der Waals surface area contributed by atoms with Gasteiger partial charge in [0.2, 0.25) is 11.7 Å². The second-order valence-electron chi connectivity index (χ2n) is 9.99. The van der Waals surface area contributed by atoms with Crippen LogP contribution in [0.1, 0.15) is 47.9 Å². The summed E-state index contributed by atoms with van der Waals surface area (Å²) >= 11 is 0. The largest absolute Gasteiger partial charge is 0.481 e. The number of aromatic nitrogens is 3. The molecule has 2 heterocycles. The zero-order chi connectivity index (χ0) is 26.9. The minimum Gasteiger partial charge on any atom is -0.481 e. The number of rotatable bonds is 8. The Kier molecular flexibility index (Phi) is 6.52. The van der Waals surface area contributed by atoms with E-state index >= 15 is 0 Å². The molecule has 0 bridgehead atoms. The molecule has 0 fully saturated rings. The molecule has 39 heavy (non-hydrogen) atoms. The van der Waals surface area contributed by atoms with Gasteiger partial charge in [-0.05, 0) is 91.1 Å². The van der Waals surface area contributed by atoms with E-state index in [1.807, 2.05) is 30.3 Å². The van der Waals surface area contributed by atoms with Crippen molar-refractivity contribution >= 4 is 16.7 Å². The average Bonchev–Trinajstić information content (AvgIpc) is 3.59. The van der Waals surface area contributed by atoms with Crippen molar-refractivity contribution in [3.63, 3.8) is 0 Å². The Morgan fingerprint density at radius 3 is 2.46 bits per heavy atom. The molecule has 0 radical (unpaired) electrons. The molecule has 0 atom stereocenters. The van der Waals surface area contributed by atoms with Crippen molar-refractivity contribution in [2.75, 3.05) is 0 Å².